The maximum absolute atomic E-state index is 6.16. The fourth-order valence-electron chi connectivity index (χ4n) is 5.64. The number of rotatable bonds is 19. The monoisotopic (exact) mass is 664 g/mol. The second-order valence-corrected chi connectivity index (χ2v) is 13.7. The van der Waals surface area contributed by atoms with Gasteiger partial charge in [0.05, 0.1) is 19.8 Å². The summed E-state index contributed by atoms with van der Waals surface area (Å²) in [7, 11) is 0. The van der Waals surface area contributed by atoms with Gasteiger partial charge in [0.15, 0.2) is 0 Å². The van der Waals surface area contributed by atoms with Crippen molar-refractivity contribution in [3.05, 3.63) is 132 Å². The molecule has 2 saturated heterocycles. The summed E-state index contributed by atoms with van der Waals surface area (Å²) < 4.78 is 40.4. The molecule has 2 fully saturated rings. The van der Waals surface area contributed by atoms with Crippen LogP contribution in [-0.4, -0.2) is 64.6 Å². The van der Waals surface area contributed by atoms with Crippen molar-refractivity contribution in [3.63, 3.8) is 0 Å². The second kappa shape index (κ2) is 15.5. The topological polar surface area (TPSA) is 71.2 Å². The summed E-state index contributed by atoms with van der Waals surface area (Å²) in [5, 5.41) is 0. The van der Waals surface area contributed by atoms with E-state index in [0.29, 0.717) is 33.0 Å². The maximum atomic E-state index is 6.16. The molecular formula is C42H48O7. The van der Waals surface area contributed by atoms with Crippen LogP contribution < -0.4 is 18.9 Å². The molecule has 0 bridgehead atoms. The number of epoxide rings is 2. The van der Waals surface area contributed by atoms with Crippen LogP contribution in [-0.2, 0) is 25.0 Å². The van der Waals surface area contributed by atoms with E-state index in [1.807, 2.05) is 48.5 Å². The Bertz CT molecular complexity index is 1500. The molecule has 258 valence electrons. The van der Waals surface area contributed by atoms with Gasteiger partial charge in [0.25, 0.3) is 0 Å². The van der Waals surface area contributed by atoms with E-state index >= 15 is 0 Å². The molecule has 0 radical (unpaired) electrons. The van der Waals surface area contributed by atoms with Gasteiger partial charge in [-0.2, -0.15) is 0 Å². The lowest BCUT2D eigenvalue weighted by Gasteiger charge is -2.27. The molecule has 0 spiro atoms. The zero-order valence-electron chi connectivity index (χ0n) is 29.1. The Morgan fingerprint density at radius 3 is 1.16 bits per heavy atom. The minimum absolute atomic E-state index is 0.185. The highest BCUT2D eigenvalue weighted by molar-refractivity contribution is 5.43. The third kappa shape index (κ3) is 9.44. The molecule has 4 aromatic rings. The summed E-state index contributed by atoms with van der Waals surface area (Å²) in [6, 6.07) is 33.2. The first-order valence-corrected chi connectivity index (χ1v) is 17.1. The third-order valence-corrected chi connectivity index (χ3v) is 9.30. The smallest absolute Gasteiger partial charge is 0.126 e. The average Bonchev–Trinajstić information content (AvgIpc) is 4.07. The molecule has 2 unspecified atom stereocenters. The first-order valence-electron chi connectivity index (χ1n) is 17.1. The van der Waals surface area contributed by atoms with Crippen molar-refractivity contribution >= 4 is 0 Å². The lowest BCUT2D eigenvalue weighted by molar-refractivity contribution is 0.00607. The molecule has 0 saturated carbocycles. The van der Waals surface area contributed by atoms with Crippen LogP contribution in [0, 0.1) is 0 Å². The number of benzene rings is 4. The van der Waals surface area contributed by atoms with E-state index in [2.05, 4.69) is 82.8 Å². The molecule has 0 aromatic heterocycles. The molecule has 7 nitrogen and oxygen atoms in total. The van der Waals surface area contributed by atoms with Gasteiger partial charge in [-0.25, -0.2) is 0 Å². The summed E-state index contributed by atoms with van der Waals surface area (Å²) in [5.41, 5.74) is 4.44. The summed E-state index contributed by atoms with van der Waals surface area (Å²) in [4.78, 5) is 0. The third-order valence-electron chi connectivity index (χ3n) is 9.30. The van der Waals surface area contributed by atoms with E-state index in [1.54, 1.807) is 6.08 Å². The van der Waals surface area contributed by atoms with Crippen LogP contribution in [0.3, 0.4) is 0 Å². The van der Waals surface area contributed by atoms with Gasteiger partial charge < -0.3 is 33.2 Å². The van der Waals surface area contributed by atoms with Crippen LogP contribution in [0.1, 0.15) is 49.9 Å². The summed E-state index contributed by atoms with van der Waals surface area (Å²) in [5.74, 6) is 3.28. The Morgan fingerprint density at radius 1 is 0.571 bits per heavy atom. The fourth-order valence-corrected chi connectivity index (χ4v) is 5.64. The van der Waals surface area contributed by atoms with Gasteiger partial charge in [-0.15, -0.1) is 6.58 Å². The SMILES string of the molecule is C=CCOC(COc1ccc(C(C)(C)c2ccc(OCC3CO3)cc2)cc1)COc1ccc(C(C)(C)c2ccc(OCC3CO3)cc2)cc1. The average molecular weight is 665 g/mol. The van der Waals surface area contributed by atoms with E-state index in [1.165, 1.54) is 22.3 Å². The number of ether oxygens (including phenoxy) is 7. The molecule has 0 aliphatic carbocycles. The molecule has 4 aromatic carbocycles. The largest absolute Gasteiger partial charge is 0.491 e. The summed E-state index contributed by atoms with van der Waals surface area (Å²) in [6.45, 7) is 16.6. The van der Waals surface area contributed by atoms with Gasteiger partial charge in [-0.3, -0.25) is 0 Å². The normalized spacial score (nSPS) is 17.6. The van der Waals surface area contributed by atoms with Crippen molar-refractivity contribution in [2.24, 2.45) is 0 Å². The highest BCUT2D eigenvalue weighted by Gasteiger charge is 2.26. The molecule has 0 amide bonds. The first kappa shape index (κ1) is 34.6. The van der Waals surface area contributed by atoms with Gasteiger partial charge in [-0.05, 0) is 70.8 Å². The van der Waals surface area contributed by atoms with Gasteiger partial charge in [0.1, 0.15) is 67.7 Å². The summed E-state index contributed by atoms with van der Waals surface area (Å²) >= 11 is 0. The van der Waals surface area contributed by atoms with Crippen LogP contribution in [0.5, 0.6) is 23.0 Å². The molecule has 2 aliphatic rings. The van der Waals surface area contributed by atoms with Crippen LogP contribution in [0.15, 0.2) is 110 Å². The van der Waals surface area contributed by atoms with Crippen molar-refractivity contribution in [3.8, 4) is 23.0 Å². The summed E-state index contributed by atoms with van der Waals surface area (Å²) in [6.07, 6.45) is 1.95. The molecule has 0 N–H and O–H groups in total. The lowest BCUT2D eigenvalue weighted by Crippen LogP contribution is -2.29. The zero-order valence-corrected chi connectivity index (χ0v) is 29.1. The van der Waals surface area contributed by atoms with Crippen molar-refractivity contribution in [1.82, 2.24) is 0 Å². The highest BCUT2D eigenvalue weighted by Crippen LogP contribution is 2.35. The Kier molecular flexibility index (Phi) is 10.9. The van der Waals surface area contributed by atoms with Gasteiger partial charge in [0.2, 0.25) is 0 Å². The van der Waals surface area contributed by atoms with E-state index in [-0.39, 0.29) is 29.1 Å². The molecule has 2 atom stereocenters. The first-order chi connectivity index (χ1) is 23.7. The molecular weight excluding hydrogens is 616 g/mol. The van der Waals surface area contributed by atoms with Crippen molar-refractivity contribution in [2.45, 2.75) is 56.8 Å². The van der Waals surface area contributed by atoms with E-state index in [0.717, 1.165) is 36.2 Å². The van der Waals surface area contributed by atoms with Gasteiger partial charge in [-0.1, -0.05) is 82.3 Å². The van der Waals surface area contributed by atoms with Gasteiger partial charge in [0, 0.05) is 10.8 Å². The second-order valence-electron chi connectivity index (χ2n) is 13.7. The Balaban J connectivity index is 1.00. The van der Waals surface area contributed by atoms with E-state index in [9.17, 15) is 0 Å². The zero-order chi connectivity index (χ0) is 34.3. The van der Waals surface area contributed by atoms with Gasteiger partial charge >= 0.3 is 0 Å². The molecule has 6 rings (SSSR count). The minimum atomic E-state index is -0.273. The Morgan fingerprint density at radius 2 is 0.878 bits per heavy atom. The van der Waals surface area contributed by atoms with Crippen LogP contribution in [0.25, 0.3) is 0 Å². The van der Waals surface area contributed by atoms with Crippen molar-refractivity contribution in [2.75, 3.05) is 46.2 Å². The van der Waals surface area contributed by atoms with Crippen molar-refractivity contribution in [1.29, 1.82) is 0 Å². The number of hydrogen-bond acceptors (Lipinski definition) is 7. The predicted octanol–water partition coefficient (Wildman–Crippen LogP) is 7.92. The minimum Gasteiger partial charge on any atom is -0.491 e. The molecule has 49 heavy (non-hydrogen) atoms. The standard InChI is InChI=1S/C42H48O7/c1-6-23-43-38(24-44-34-15-7-30(8-16-34)41(2,3)32-11-19-36(20-12-32)46-26-39-28-48-39)25-45-35-17-9-31(10-18-35)42(4,5)33-13-21-37(22-14-33)47-27-40-29-49-40/h6-22,38-40H,1,23-29H2,2-5H3. The van der Waals surface area contributed by atoms with Crippen LogP contribution in [0.2, 0.25) is 0 Å². The quantitative estimate of drug-likeness (QED) is 0.0745. The maximum Gasteiger partial charge on any atom is 0.126 e. The Labute approximate surface area is 290 Å². The van der Waals surface area contributed by atoms with Crippen LogP contribution in [0.4, 0.5) is 0 Å². The lowest BCUT2D eigenvalue weighted by atomic mass is 9.78. The van der Waals surface area contributed by atoms with Crippen molar-refractivity contribution < 1.29 is 33.2 Å². The Hall–Kier alpha value is -4.30. The fraction of sp³-hybridized carbons (Fsp3) is 0.381. The van der Waals surface area contributed by atoms with Crippen LogP contribution >= 0.6 is 0 Å². The molecule has 2 aliphatic heterocycles. The highest BCUT2D eigenvalue weighted by atomic mass is 16.6. The predicted molar refractivity (Wildman–Crippen MR) is 191 cm³/mol. The van der Waals surface area contributed by atoms with E-state index in [4.69, 9.17) is 33.2 Å². The van der Waals surface area contributed by atoms with E-state index < -0.39 is 0 Å². The molecule has 2 heterocycles. The molecule has 7 heteroatoms. The number of hydrogen-bond donors (Lipinski definition) is 0.